The Morgan fingerprint density at radius 2 is 1.05 bits per heavy atom. The molecule has 3 aromatic heterocycles. The summed E-state index contributed by atoms with van der Waals surface area (Å²) in [6.45, 7) is 14.5. The molecular formula is C80H87N11O10S5. The quantitative estimate of drug-likeness (QED) is 0.0490. The molecule has 1 aliphatic heterocycles. The topological polar surface area (TPSA) is 305 Å². The number of ether oxygens (including phenoxy) is 4. The normalized spacial score (nSPS) is 18.0. The van der Waals surface area contributed by atoms with Crippen LogP contribution in [0.1, 0.15) is 155 Å². The standard InChI is InChI=1S/C29H33N3O4S2.C26H27N5O3S.C25H27N3O3S2/c1-18(2)36-27-11-7-20(15-21(27)16-30)29-31-17-28(37-29)25-5-3-4-24-23(25)9-10-26(24)32-38(34,35)13-12-19-6-8-22(33)14-19;1-16(2)34-23-9-6-17(14-18(23)15-27)24-29-30-25(35-24)21-5-3-4-20-19(21)7-8-22(20)28-26(32)31-10-12-33-13-11-31;1-16(2)31-23-10-7-17(13-18(23)14-26)25-28-15-24(32-25)21-6-4-5-20-19(21)8-9-22(20)27-11-12-33(3,29)30/h3-5,7,11,15,17-19,22,26,32-33H,6,8-10,12-14H2,1-2H3;3-6,9,14,16,22H,7-8,10-13H2,1-2H3,(H,28,32);4-7,10,13,15-16,22,27H,8-9,11-12H2,1-3H3/t19?,22-,26-;2*22-/m010/s1. The number of aromatic nitrogens is 4. The van der Waals surface area contributed by atoms with E-state index in [1.54, 1.807) is 28.7 Å². The summed E-state index contributed by atoms with van der Waals surface area (Å²) >= 11 is 4.67. The maximum absolute atomic E-state index is 12.9. The SMILES string of the molecule is CC(C)Oc1ccc(-c2ncc(-c3cccc4c3CC[C@@H]4NCCS(C)(=O)=O)s2)cc1C#N.CC(C)Oc1ccc(-c2ncc(-c3cccc4c3CC[C@@H]4NS(=O)(=O)CCC3CC[C@H](O)C3)s2)cc1C#N.CC(C)Oc1ccc(-c2nnc(-c3cccc4c3CC[C@H]4NC(=O)N3CCOCC3)s2)cc1C#N. The summed E-state index contributed by atoms with van der Waals surface area (Å²) in [6, 6.07) is 41.8. The third-order valence-electron chi connectivity index (χ3n) is 19.2. The molecule has 2 fully saturated rings. The van der Waals surface area contributed by atoms with Crippen molar-refractivity contribution in [3.05, 3.63) is 172 Å². The first kappa shape index (κ1) is 76.7. The number of amides is 2. The van der Waals surface area contributed by atoms with Gasteiger partial charge in [-0.25, -0.2) is 36.3 Å². The van der Waals surface area contributed by atoms with Crippen molar-refractivity contribution >= 4 is 59.9 Å². The number of nitriles is 3. The summed E-state index contributed by atoms with van der Waals surface area (Å²) in [7, 11) is -6.40. The lowest BCUT2D eigenvalue weighted by Gasteiger charge is -2.28. The highest BCUT2D eigenvalue weighted by molar-refractivity contribution is 7.90. The van der Waals surface area contributed by atoms with Gasteiger partial charge in [0.2, 0.25) is 10.0 Å². The van der Waals surface area contributed by atoms with E-state index in [0.717, 1.165) is 126 Å². The average molecular weight is 1520 g/mol. The molecule has 5 atom stereocenters. The molecule has 9 aromatic rings. The molecule has 6 aromatic carbocycles. The molecule has 0 spiro atoms. The Hall–Kier alpha value is -8.98. The number of morpholine rings is 1. The van der Waals surface area contributed by atoms with E-state index in [1.807, 2.05) is 126 Å². The Balaban J connectivity index is 0.000000149. The number of nitrogens with zero attached hydrogens (tertiary/aromatic N) is 8. The average Bonchev–Trinajstić information content (AvgIpc) is 1.64. The molecule has 1 unspecified atom stereocenters. The minimum absolute atomic E-state index is 0.000665. The number of hydrogen-bond acceptors (Lipinski definition) is 21. The van der Waals surface area contributed by atoms with Crippen LogP contribution in [0.3, 0.4) is 0 Å². The van der Waals surface area contributed by atoms with Gasteiger partial charge in [-0.2, -0.15) is 15.8 Å². The van der Waals surface area contributed by atoms with Gasteiger partial charge in [0.05, 0.1) is 81.6 Å². The summed E-state index contributed by atoms with van der Waals surface area (Å²) < 4.78 is 74.1. The highest BCUT2D eigenvalue weighted by Gasteiger charge is 2.33. The van der Waals surface area contributed by atoms with Gasteiger partial charge in [-0.05, 0) is 211 Å². The number of aliphatic hydroxyl groups excluding tert-OH is 1. The van der Waals surface area contributed by atoms with E-state index in [-0.39, 0.29) is 66.0 Å². The molecule has 5 aliphatic rings. The van der Waals surface area contributed by atoms with Crippen molar-refractivity contribution in [2.24, 2.45) is 5.92 Å². The third-order valence-corrected chi connectivity index (χ3v) is 24.8. The van der Waals surface area contributed by atoms with Crippen molar-refractivity contribution in [3.63, 3.8) is 0 Å². The second kappa shape index (κ2) is 34.3. The van der Waals surface area contributed by atoms with Crippen LogP contribution < -0.4 is 29.6 Å². The van der Waals surface area contributed by atoms with E-state index >= 15 is 0 Å². The van der Waals surface area contributed by atoms with Gasteiger partial charge in [-0.3, -0.25) is 0 Å². The Kier molecular flexibility index (Phi) is 24.8. The molecule has 552 valence electrons. The Morgan fingerprint density at radius 1 is 0.585 bits per heavy atom. The maximum atomic E-state index is 12.9. The molecule has 4 N–H and O–H groups in total. The number of aliphatic hydroxyl groups is 1. The lowest BCUT2D eigenvalue weighted by atomic mass is 10.0. The Morgan fingerprint density at radius 3 is 1.54 bits per heavy atom. The van der Waals surface area contributed by atoms with Crippen molar-refractivity contribution in [2.45, 2.75) is 148 Å². The highest BCUT2D eigenvalue weighted by atomic mass is 32.2. The highest BCUT2D eigenvalue weighted by Crippen LogP contribution is 2.45. The van der Waals surface area contributed by atoms with Gasteiger partial charge in [-0.1, -0.05) is 65.9 Å². The number of sulfone groups is 1. The van der Waals surface area contributed by atoms with Crippen LogP contribution in [0, 0.1) is 39.9 Å². The van der Waals surface area contributed by atoms with Crippen LogP contribution in [0.2, 0.25) is 0 Å². The number of nitrogens with one attached hydrogen (secondary N) is 3. The lowest BCUT2D eigenvalue weighted by molar-refractivity contribution is 0.0525. The third kappa shape index (κ3) is 18.9. The van der Waals surface area contributed by atoms with Crippen molar-refractivity contribution in [2.75, 3.05) is 50.6 Å². The zero-order valence-electron chi connectivity index (χ0n) is 60.4. The minimum atomic E-state index is -3.42. The number of rotatable bonds is 22. The van der Waals surface area contributed by atoms with Crippen LogP contribution in [0.25, 0.3) is 63.2 Å². The Bertz CT molecular complexity index is 5030. The molecule has 0 bridgehead atoms. The fourth-order valence-electron chi connectivity index (χ4n) is 14.3. The number of sulfonamides is 1. The van der Waals surface area contributed by atoms with E-state index in [9.17, 15) is 42.5 Å². The molecule has 4 heterocycles. The van der Waals surface area contributed by atoms with Crippen molar-refractivity contribution < 1.29 is 45.7 Å². The zero-order valence-corrected chi connectivity index (χ0v) is 64.5. The molecule has 4 aliphatic carbocycles. The predicted octanol–water partition coefficient (Wildman–Crippen LogP) is 14.9. The summed E-state index contributed by atoms with van der Waals surface area (Å²) in [5, 5.41) is 57.2. The number of urea groups is 1. The molecule has 14 rings (SSSR count). The number of fused-ring (bicyclic) bond motifs is 3. The summed E-state index contributed by atoms with van der Waals surface area (Å²) in [4.78, 5) is 25.9. The molecule has 1 saturated heterocycles. The van der Waals surface area contributed by atoms with Crippen LogP contribution in [0.15, 0.2) is 122 Å². The van der Waals surface area contributed by atoms with Crippen LogP contribution in [0.5, 0.6) is 17.2 Å². The van der Waals surface area contributed by atoms with E-state index in [1.165, 1.54) is 39.8 Å². The minimum Gasteiger partial charge on any atom is -0.490 e. The van der Waals surface area contributed by atoms with Gasteiger partial charge >= 0.3 is 6.03 Å². The molecule has 26 heteroatoms. The summed E-state index contributed by atoms with van der Waals surface area (Å²) in [5.74, 6) is 2.25. The maximum Gasteiger partial charge on any atom is 0.318 e. The van der Waals surface area contributed by atoms with Gasteiger partial charge in [0, 0.05) is 72.6 Å². The van der Waals surface area contributed by atoms with E-state index in [2.05, 4.69) is 90.1 Å². The van der Waals surface area contributed by atoms with Gasteiger partial charge in [-0.15, -0.1) is 32.9 Å². The van der Waals surface area contributed by atoms with Gasteiger partial charge in [0.15, 0.2) is 0 Å². The zero-order chi connectivity index (χ0) is 74.8. The number of carbonyl (C=O) groups excluding carboxylic acids is 1. The molecule has 21 nitrogen and oxygen atoms in total. The van der Waals surface area contributed by atoms with Crippen molar-refractivity contribution in [3.8, 4) is 98.6 Å². The fourth-order valence-corrected chi connectivity index (χ4v) is 19.0. The van der Waals surface area contributed by atoms with Gasteiger partial charge < -0.3 is 39.6 Å². The van der Waals surface area contributed by atoms with Gasteiger partial charge in [0.1, 0.15) is 65.3 Å². The Labute approximate surface area is 632 Å². The number of hydrogen-bond donors (Lipinski definition) is 4. The molecule has 0 radical (unpaired) electrons. The van der Waals surface area contributed by atoms with E-state index in [4.69, 9.17) is 18.9 Å². The van der Waals surface area contributed by atoms with Crippen molar-refractivity contribution in [1.29, 1.82) is 15.8 Å². The molecule has 1 saturated carbocycles. The van der Waals surface area contributed by atoms with E-state index in [0.29, 0.717) is 79.6 Å². The number of carbonyl (C=O) groups is 1. The first-order valence-corrected chi connectivity index (χ1v) is 42.1. The first-order chi connectivity index (χ1) is 51.0. The summed E-state index contributed by atoms with van der Waals surface area (Å²) in [6.07, 6.45) is 12.8. The predicted molar refractivity (Wildman–Crippen MR) is 415 cm³/mol. The molecule has 106 heavy (non-hydrogen) atoms. The second-order valence-electron chi connectivity index (χ2n) is 28.0. The largest absolute Gasteiger partial charge is 0.490 e. The van der Waals surface area contributed by atoms with Crippen molar-refractivity contribution in [1.82, 2.24) is 40.4 Å². The molecule has 2 amide bonds. The molecular weight excluding hydrogens is 1440 g/mol. The van der Waals surface area contributed by atoms with E-state index < -0.39 is 19.9 Å². The second-order valence-corrected chi connectivity index (χ2v) is 35.2. The smallest absolute Gasteiger partial charge is 0.318 e. The lowest BCUT2D eigenvalue weighted by Crippen LogP contribution is -2.46. The monoisotopic (exact) mass is 1520 g/mol. The van der Waals surface area contributed by atoms with Crippen LogP contribution in [-0.4, -0.2) is 128 Å². The number of thiazole rings is 2. The van der Waals surface area contributed by atoms with Gasteiger partial charge in [0.25, 0.3) is 0 Å². The van der Waals surface area contributed by atoms with Crippen LogP contribution >= 0.6 is 34.0 Å². The first-order valence-electron chi connectivity index (χ1n) is 36.0. The van der Waals surface area contributed by atoms with Crippen LogP contribution in [0.4, 0.5) is 4.79 Å². The summed E-state index contributed by atoms with van der Waals surface area (Å²) in [5.41, 5.74) is 14.4. The fraction of sp³-hybridized carbons (Fsp3) is 0.400. The van der Waals surface area contributed by atoms with Crippen LogP contribution in [-0.2, 0) is 43.9 Å². The number of benzene rings is 6.